The van der Waals surface area contributed by atoms with Crippen molar-refractivity contribution in [2.24, 2.45) is 0 Å². The van der Waals surface area contributed by atoms with E-state index in [1.807, 2.05) is 24.3 Å². The molecule has 7 nitrogen and oxygen atoms in total. The Morgan fingerprint density at radius 1 is 1.18 bits per heavy atom. The quantitative estimate of drug-likeness (QED) is 0.175. The molecule has 0 saturated heterocycles. The standard InChI is InChI=1S/C26H23BrN2O5/c1-17(2)19-7-10-24(23(27)13-19)33-16-25(30)34-21-8-5-18(6-9-21)12-20(14-28)26(31)29-15-22-4-3-11-32-22/h3-13,17H,15-16H2,1-2H3,(H,29,31)/b20-12+. The van der Waals surface area contributed by atoms with Crippen LogP contribution >= 0.6 is 15.9 Å². The predicted octanol–water partition coefficient (Wildman–Crippen LogP) is 5.37. The second-order valence-electron chi connectivity index (χ2n) is 7.61. The van der Waals surface area contributed by atoms with E-state index in [0.29, 0.717) is 28.7 Å². The van der Waals surface area contributed by atoms with E-state index in [1.54, 1.807) is 36.4 Å². The third-order valence-corrected chi connectivity index (χ3v) is 5.38. The minimum Gasteiger partial charge on any atom is -0.481 e. The van der Waals surface area contributed by atoms with Gasteiger partial charge in [-0.2, -0.15) is 5.26 Å². The first-order valence-corrected chi connectivity index (χ1v) is 11.3. The van der Waals surface area contributed by atoms with E-state index in [9.17, 15) is 14.9 Å². The summed E-state index contributed by atoms with van der Waals surface area (Å²) in [6.45, 7) is 4.12. The molecular weight excluding hydrogens is 500 g/mol. The molecule has 0 fully saturated rings. The molecule has 1 aromatic heterocycles. The lowest BCUT2D eigenvalue weighted by molar-refractivity contribution is -0.136. The molecule has 174 valence electrons. The molecule has 0 bridgehead atoms. The van der Waals surface area contributed by atoms with Crippen molar-refractivity contribution in [2.75, 3.05) is 6.61 Å². The second-order valence-corrected chi connectivity index (χ2v) is 8.46. The lowest BCUT2D eigenvalue weighted by Crippen LogP contribution is -2.23. The number of carbonyl (C=O) groups is 2. The van der Waals surface area contributed by atoms with Gasteiger partial charge in [0.2, 0.25) is 0 Å². The number of ether oxygens (including phenoxy) is 2. The first-order valence-electron chi connectivity index (χ1n) is 10.5. The van der Waals surface area contributed by atoms with Crippen LogP contribution in [-0.4, -0.2) is 18.5 Å². The Bertz CT molecular complexity index is 1210. The van der Waals surface area contributed by atoms with Crippen LogP contribution in [0.4, 0.5) is 0 Å². The van der Waals surface area contributed by atoms with Gasteiger partial charge in [-0.25, -0.2) is 4.79 Å². The Balaban J connectivity index is 1.53. The van der Waals surface area contributed by atoms with Crippen LogP contribution in [0.1, 0.15) is 36.7 Å². The normalized spacial score (nSPS) is 11.1. The van der Waals surface area contributed by atoms with Gasteiger partial charge >= 0.3 is 5.97 Å². The van der Waals surface area contributed by atoms with Crippen LogP contribution in [0.15, 0.2) is 75.3 Å². The van der Waals surface area contributed by atoms with Crippen molar-refractivity contribution in [3.63, 3.8) is 0 Å². The molecule has 34 heavy (non-hydrogen) atoms. The summed E-state index contributed by atoms with van der Waals surface area (Å²) in [6.07, 6.45) is 2.95. The number of furan rings is 1. The van der Waals surface area contributed by atoms with Crippen LogP contribution in [-0.2, 0) is 16.1 Å². The van der Waals surface area contributed by atoms with Crippen molar-refractivity contribution in [3.05, 3.63) is 87.8 Å². The molecule has 0 aliphatic rings. The van der Waals surface area contributed by atoms with Gasteiger partial charge in [-0.15, -0.1) is 0 Å². The zero-order chi connectivity index (χ0) is 24.5. The Hall–Kier alpha value is -3.83. The van der Waals surface area contributed by atoms with Gasteiger partial charge in [0.05, 0.1) is 17.3 Å². The summed E-state index contributed by atoms with van der Waals surface area (Å²) in [4.78, 5) is 24.4. The number of nitriles is 1. The summed E-state index contributed by atoms with van der Waals surface area (Å²) < 4.78 is 16.8. The van der Waals surface area contributed by atoms with E-state index in [0.717, 1.165) is 10.0 Å². The van der Waals surface area contributed by atoms with Crippen molar-refractivity contribution < 1.29 is 23.5 Å². The Morgan fingerprint density at radius 3 is 2.56 bits per heavy atom. The van der Waals surface area contributed by atoms with E-state index in [4.69, 9.17) is 13.9 Å². The lowest BCUT2D eigenvalue weighted by atomic mass is 10.0. The highest BCUT2D eigenvalue weighted by Gasteiger charge is 2.11. The minimum absolute atomic E-state index is 0.0567. The fourth-order valence-electron chi connectivity index (χ4n) is 2.91. The van der Waals surface area contributed by atoms with Crippen molar-refractivity contribution in [3.8, 4) is 17.6 Å². The number of nitrogens with one attached hydrogen (secondary N) is 1. The lowest BCUT2D eigenvalue weighted by Gasteiger charge is -2.11. The van der Waals surface area contributed by atoms with Gasteiger partial charge in [-0.05, 0) is 75.4 Å². The minimum atomic E-state index is -0.557. The highest BCUT2D eigenvalue weighted by atomic mass is 79.9. The summed E-state index contributed by atoms with van der Waals surface area (Å²) in [5.41, 5.74) is 1.71. The molecule has 1 N–H and O–H groups in total. The van der Waals surface area contributed by atoms with Crippen molar-refractivity contribution in [1.29, 1.82) is 5.26 Å². The zero-order valence-electron chi connectivity index (χ0n) is 18.7. The van der Waals surface area contributed by atoms with E-state index >= 15 is 0 Å². The third kappa shape index (κ3) is 7.09. The van der Waals surface area contributed by atoms with E-state index in [1.165, 1.54) is 12.3 Å². The number of esters is 1. The Labute approximate surface area is 206 Å². The number of amides is 1. The molecule has 0 aliphatic carbocycles. The monoisotopic (exact) mass is 522 g/mol. The Morgan fingerprint density at radius 2 is 1.94 bits per heavy atom. The van der Waals surface area contributed by atoms with Gasteiger partial charge in [0.15, 0.2) is 6.61 Å². The number of benzene rings is 2. The molecule has 0 saturated carbocycles. The highest BCUT2D eigenvalue weighted by Crippen LogP contribution is 2.29. The van der Waals surface area contributed by atoms with Crippen molar-refractivity contribution in [1.82, 2.24) is 5.32 Å². The SMILES string of the molecule is CC(C)c1ccc(OCC(=O)Oc2ccc(/C=C(\C#N)C(=O)NCc3ccco3)cc2)c(Br)c1. The average Bonchev–Trinajstić information content (AvgIpc) is 3.35. The number of rotatable bonds is 9. The summed E-state index contributed by atoms with van der Waals surface area (Å²) in [6, 6.07) is 17.5. The van der Waals surface area contributed by atoms with E-state index in [2.05, 4.69) is 35.1 Å². The van der Waals surface area contributed by atoms with Gasteiger partial charge in [0.25, 0.3) is 5.91 Å². The molecular formula is C26H23BrN2O5. The first kappa shape index (κ1) is 24.8. The number of hydrogen-bond donors (Lipinski definition) is 1. The summed E-state index contributed by atoms with van der Waals surface area (Å²) >= 11 is 3.46. The van der Waals surface area contributed by atoms with Gasteiger partial charge in [-0.3, -0.25) is 4.79 Å². The van der Waals surface area contributed by atoms with Crippen LogP contribution in [0.5, 0.6) is 11.5 Å². The van der Waals surface area contributed by atoms with Gasteiger partial charge in [-0.1, -0.05) is 32.0 Å². The van der Waals surface area contributed by atoms with Crippen LogP contribution in [0.2, 0.25) is 0 Å². The van der Waals surface area contributed by atoms with E-state index in [-0.39, 0.29) is 18.7 Å². The Kier molecular flexibility index (Phi) is 8.66. The number of nitrogens with zero attached hydrogens (tertiary/aromatic N) is 1. The summed E-state index contributed by atoms with van der Waals surface area (Å²) in [7, 11) is 0. The fourth-order valence-corrected chi connectivity index (χ4v) is 3.42. The van der Waals surface area contributed by atoms with Crippen molar-refractivity contribution >= 4 is 33.9 Å². The van der Waals surface area contributed by atoms with Crippen LogP contribution in [0.3, 0.4) is 0 Å². The van der Waals surface area contributed by atoms with Crippen LogP contribution in [0.25, 0.3) is 6.08 Å². The third-order valence-electron chi connectivity index (χ3n) is 4.76. The zero-order valence-corrected chi connectivity index (χ0v) is 20.3. The molecule has 1 amide bonds. The molecule has 0 atom stereocenters. The molecule has 3 aromatic rings. The van der Waals surface area contributed by atoms with Crippen LogP contribution in [0, 0.1) is 11.3 Å². The number of carbonyl (C=O) groups excluding carboxylic acids is 2. The fraction of sp³-hybridized carbons (Fsp3) is 0.192. The smallest absolute Gasteiger partial charge is 0.349 e. The molecule has 2 aromatic carbocycles. The number of halogens is 1. The molecule has 0 aliphatic heterocycles. The van der Waals surface area contributed by atoms with E-state index < -0.39 is 11.9 Å². The average molecular weight is 523 g/mol. The van der Waals surface area contributed by atoms with Crippen LogP contribution < -0.4 is 14.8 Å². The van der Waals surface area contributed by atoms with Crippen molar-refractivity contribution in [2.45, 2.75) is 26.3 Å². The summed E-state index contributed by atoms with van der Waals surface area (Å²) in [5.74, 6) is 0.767. The molecule has 0 spiro atoms. The molecule has 1 heterocycles. The molecule has 8 heteroatoms. The van der Waals surface area contributed by atoms with Gasteiger partial charge < -0.3 is 19.2 Å². The maximum absolute atomic E-state index is 12.2. The maximum atomic E-state index is 12.2. The molecule has 0 radical (unpaired) electrons. The first-order chi connectivity index (χ1) is 16.4. The molecule has 3 rings (SSSR count). The second kappa shape index (κ2) is 11.9. The summed E-state index contributed by atoms with van der Waals surface area (Å²) in [5, 5.41) is 11.9. The number of hydrogen-bond acceptors (Lipinski definition) is 6. The molecule has 0 unspecified atom stereocenters. The highest BCUT2D eigenvalue weighted by molar-refractivity contribution is 9.10. The largest absolute Gasteiger partial charge is 0.481 e. The maximum Gasteiger partial charge on any atom is 0.349 e. The predicted molar refractivity (Wildman–Crippen MR) is 130 cm³/mol. The topological polar surface area (TPSA) is 102 Å². The van der Waals surface area contributed by atoms with Gasteiger partial charge in [0.1, 0.15) is 28.9 Å². The van der Waals surface area contributed by atoms with Gasteiger partial charge in [0, 0.05) is 0 Å².